The standard InChI is InChI=1S/C6H7NO4/c8-4-10-2-5(9)6-1-7-3-11-6/h1,4,7H,2-3H2. The van der Waals surface area contributed by atoms with E-state index in [1.165, 1.54) is 6.20 Å². The molecule has 1 N–H and O–H groups in total. The van der Waals surface area contributed by atoms with Crippen molar-refractivity contribution in [2.45, 2.75) is 0 Å². The molecule has 60 valence electrons. The Balaban J connectivity index is 2.34. The Kier molecular flexibility index (Phi) is 2.48. The molecule has 1 rings (SSSR count). The first-order valence-corrected chi connectivity index (χ1v) is 2.99. The van der Waals surface area contributed by atoms with Gasteiger partial charge >= 0.3 is 0 Å². The molecule has 0 atom stereocenters. The molecule has 0 aromatic heterocycles. The van der Waals surface area contributed by atoms with E-state index in [-0.39, 0.29) is 24.6 Å². The molecule has 0 unspecified atom stereocenters. The number of ketones is 1. The predicted molar refractivity (Wildman–Crippen MR) is 34.2 cm³/mol. The molecule has 0 spiro atoms. The van der Waals surface area contributed by atoms with Crippen molar-refractivity contribution in [3.05, 3.63) is 12.0 Å². The second kappa shape index (κ2) is 3.60. The highest BCUT2D eigenvalue weighted by Crippen LogP contribution is 2.02. The molecular formula is C6H7NO4. The summed E-state index contributed by atoms with van der Waals surface area (Å²) in [6, 6.07) is 0. The minimum absolute atomic E-state index is 0.201. The molecule has 0 amide bonds. The van der Waals surface area contributed by atoms with Crippen LogP contribution in [0.4, 0.5) is 0 Å². The van der Waals surface area contributed by atoms with Gasteiger partial charge < -0.3 is 14.8 Å². The molecule has 0 fully saturated rings. The van der Waals surface area contributed by atoms with Crippen LogP contribution in [0.5, 0.6) is 0 Å². The summed E-state index contributed by atoms with van der Waals surface area (Å²) >= 11 is 0. The van der Waals surface area contributed by atoms with Crippen molar-refractivity contribution in [1.82, 2.24) is 5.32 Å². The van der Waals surface area contributed by atoms with Gasteiger partial charge in [0.05, 0.1) is 0 Å². The summed E-state index contributed by atoms with van der Waals surface area (Å²) in [6.07, 6.45) is 1.44. The first-order chi connectivity index (χ1) is 5.34. The van der Waals surface area contributed by atoms with Crippen LogP contribution in [0.1, 0.15) is 0 Å². The lowest BCUT2D eigenvalue weighted by atomic mass is 10.3. The van der Waals surface area contributed by atoms with Crippen molar-refractivity contribution in [3.8, 4) is 0 Å². The predicted octanol–water partition coefficient (Wildman–Crippen LogP) is -0.853. The van der Waals surface area contributed by atoms with E-state index in [2.05, 4.69) is 10.1 Å². The van der Waals surface area contributed by atoms with E-state index in [0.717, 1.165) is 0 Å². The van der Waals surface area contributed by atoms with Gasteiger partial charge in [0.25, 0.3) is 6.47 Å². The Hall–Kier alpha value is -1.52. The zero-order valence-corrected chi connectivity index (χ0v) is 5.70. The first kappa shape index (κ1) is 7.59. The van der Waals surface area contributed by atoms with Gasteiger partial charge in [-0.15, -0.1) is 0 Å². The fourth-order valence-electron chi connectivity index (χ4n) is 0.637. The van der Waals surface area contributed by atoms with Gasteiger partial charge in [-0.1, -0.05) is 0 Å². The van der Waals surface area contributed by atoms with Gasteiger partial charge in [-0.2, -0.15) is 0 Å². The molecule has 1 aliphatic rings. The number of carbonyl (C=O) groups excluding carboxylic acids is 2. The molecule has 5 nitrogen and oxygen atoms in total. The van der Waals surface area contributed by atoms with Gasteiger partial charge in [0.15, 0.2) is 19.1 Å². The van der Waals surface area contributed by atoms with Crippen molar-refractivity contribution in [3.63, 3.8) is 0 Å². The first-order valence-electron chi connectivity index (χ1n) is 2.99. The van der Waals surface area contributed by atoms with E-state index in [9.17, 15) is 9.59 Å². The van der Waals surface area contributed by atoms with Crippen LogP contribution >= 0.6 is 0 Å². The Bertz CT molecular complexity index is 199. The highest BCUT2D eigenvalue weighted by Gasteiger charge is 2.14. The van der Waals surface area contributed by atoms with Gasteiger partial charge in [0.2, 0.25) is 5.78 Å². The van der Waals surface area contributed by atoms with Gasteiger partial charge in [-0.25, -0.2) is 0 Å². The van der Waals surface area contributed by atoms with Crippen LogP contribution in [0.15, 0.2) is 12.0 Å². The number of hydrogen-bond acceptors (Lipinski definition) is 5. The number of ether oxygens (including phenoxy) is 2. The summed E-state index contributed by atoms with van der Waals surface area (Å²) in [7, 11) is 0. The maximum absolute atomic E-state index is 10.9. The fourth-order valence-corrected chi connectivity index (χ4v) is 0.637. The third kappa shape index (κ3) is 1.96. The molecule has 0 saturated heterocycles. The number of rotatable bonds is 4. The summed E-state index contributed by atoms with van der Waals surface area (Å²) in [6.45, 7) is 0.250. The second-order valence-corrected chi connectivity index (χ2v) is 1.83. The third-order valence-corrected chi connectivity index (χ3v) is 1.10. The average molecular weight is 157 g/mol. The minimum Gasteiger partial charge on any atom is -0.468 e. The Morgan fingerprint density at radius 3 is 3.27 bits per heavy atom. The van der Waals surface area contributed by atoms with E-state index >= 15 is 0 Å². The second-order valence-electron chi connectivity index (χ2n) is 1.83. The fraction of sp³-hybridized carbons (Fsp3) is 0.333. The van der Waals surface area contributed by atoms with Crippen molar-refractivity contribution in [1.29, 1.82) is 0 Å². The molecule has 5 heteroatoms. The molecule has 0 aromatic rings. The van der Waals surface area contributed by atoms with Crippen molar-refractivity contribution in [2.24, 2.45) is 0 Å². The van der Waals surface area contributed by atoms with Crippen LogP contribution in [0.2, 0.25) is 0 Å². The molecule has 0 aromatic carbocycles. The van der Waals surface area contributed by atoms with E-state index in [0.29, 0.717) is 6.73 Å². The highest BCUT2D eigenvalue weighted by molar-refractivity contribution is 5.95. The van der Waals surface area contributed by atoms with Gasteiger partial charge in [0, 0.05) is 6.20 Å². The Labute approximate surface area is 63.0 Å². The molecule has 0 aliphatic carbocycles. The summed E-state index contributed by atoms with van der Waals surface area (Å²) in [5, 5.41) is 2.68. The zero-order valence-electron chi connectivity index (χ0n) is 5.70. The maximum Gasteiger partial charge on any atom is 0.293 e. The van der Waals surface area contributed by atoms with Crippen LogP contribution in [-0.2, 0) is 19.1 Å². The van der Waals surface area contributed by atoms with Crippen LogP contribution in [0, 0.1) is 0 Å². The van der Waals surface area contributed by atoms with Crippen molar-refractivity contribution in [2.75, 3.05) is 13.3 Å². The SMILES string of the molecule is O=COCC(=O)C1=CNCO1. The Morgan fingerprint density at radius 2 is 2.73 bits per heavy atom. The topological polar surface area (TPSA) is 64.6 Å². The molecule has 1 aliphatic heterocycles. The van der Waals surface area contributed by atoms with Gasteiger partial charge in [-0.3, -0.25) is 9.59 Å². The summed E-state index contributed by atoms with van der Waals surface area (Å²) in [5.41, 5.74) is 0. The van der Waals surface area contributed by atoms with Crippen molar-refractivity contribution >= 4 is 12.3 Å². The smallest absolute Gasteiger partial charge is 0.293 e. The van der Waals surface area contributed by atoms with E-state index in [4.69, 9.17) is 4.74 Å². The summed E-state index contributed by atoms with van der Waals surface area (Å²) in [4.78, 5) is 20.6. The molecule has 0 bridgehead atoms. The van der Waals surface area contributed by atoms with E-state index < -0.39 is 0 Å². The van der Waals surface area contributed by atoms with E-state index in [1.807, 2.05) is 0 Å². The molecule has 1 heterocycles. The highest BCUT2D eigenvalue weighted by atomic mass is 16.5. The van der Waals surface area contributed by atoms with Crippen LogP contribution < -0.4 is 5.32 Å². The quantitative estimate of drug-likeness (QED) is 0.538. The lowest BCUT2D eigenvalue weighted by Gasteiger charge is -1.98. The average Bonchev–Trinajstić information content (AvgIpc) is 2.52. The number of hydrogen-bond donors (Lipinski definition) is 1. The van der Waals surface area contributed by atoms with Crippen LogP contribution in [-0.4, -0.2) is 25.6 Å². The van der Waals surface area contributed by atoms with Crippen LogP contribution in [0.25, 0.3) is 0 Å². The van der Waals surface area contributed by atoms with Gasteiger partial charge in [0.1, 0.15) is 0 Å². The maximum atomic E-state index is 10.9. The lowest BCUT2D eigenvalue weighted by Crippen LogP contribution is -2.10. The molecule has 0 saturated carbocycles. The molecular weight excluding hydrogens is 150 g/mol. The monoisotopic (exact) mass is 157 g/mol. The van der Waals surface area contributed by atoms with E-state index in [1.54, 1.807) is 0 Å². The largest absolute Gasteiger partial charge is 0.468 e. The van der Waals surface area contributed by atoms with Gasteiger partial charge in [-0.05, 0) is 0 Å². The molecule has 11 heavy (non-hydrogen) atoms. The lowest BCUT2D eigenvalue weighted by molar-refractivity contribution is -0.136. The number of Topliss-reactive ketones (excluding diaryl/α,β-unsaturated/α-hetero) is 1. The number of carbonyl (C=O) groups is 2. The van der Waals surface area contributed by atoms with Crippen LogP contribution in [0.3, 0.4) is 0 Å². The normalized spacial score (nSPS) is 14.4. The molecule has 0 radical (unpaired) electrons. The number of nitrogens with one attached hydrogen (secondary N) is 1. The minimum atomic E-state index is -0.345. The third-order valence-electron chi connectivity index (χ3n) is 1.10. The van der Waals surface area contributed by atoms with Crippen molar-refractivity contribution < 1.29 is 19.1 Å². The summed E-state index contributed by atoms with van der Waals surface area (Å²) in [5.74, 6) is -0.144. The Morgan fingerprint density at radius 1 is 1.91 bits per heavy atom. The summed E-state index contributed by atoms with van der Waals surface area (Å²) < 4.78 is 9.05. The zero-order chi connectivity index (χ0) is 8.10.